The van der Waals surface area contributed by atoms with Gasteiger partial charge in [0.15, 0.2) is 0 Å². The van der Waals surface area contributed by atoms with Crippen molar-refractivity contribution in [3.8, 4) is 0 Å². The van der Waals surface area contributed by atoms with E-state index in [2.05, 4.69) is 23.8 Å². The predicted molar refractivity (Wildman–Crippen MR) is 88.6 cm³/mol. The molecular weight excluding hydrogens is 262 g/mol. The maximum absolute atomic E-state index is 6.34. The van der Waals surface area contributed by atoms with E-state index < -0.39 is 0 Å². The fourth-order valence-corrected chi connectivity index (χ4v) is 3.63. The van der Waals surface area contributed by atoms with Crippen LogP contribution in [0.1, 0.15) is 51.9 Å². The minimum Gasteiger partial charge on any atom is -0.375 e. The second-order valence-electron chi connectivity index (χ2n) is 6.96. The van der Waals surface area contributed by atoms with Crippen molar-refractivity contribution < 1.29 is 4.74 Å². The zero-order valence-corrected chi connectivity index (χ0v) is 14.1. The summed E-state index contributed by atoms with van der Waals surface area (Å²) in [6.45, 7) is 7.73. The van der Waals surface area contributed by atoms with Crippen molar-refractivity contribution in [3.63, 3.8) is 0 Å². The molecule has 2 aliphatic heterocycles. The van der Waals surface area contributed by atoms with Crippen molar-refractivity contribution >= 4 is 0 Å². The van der Waals surface area contributed by atoms with Crippen LogP contribution in [-0.2, 0) is 4.74 Å². The highest BCUT2D eigenvalue weighted by Crippen LogP contribution is 2.19. The van der Waals surface area contributed by atoms with Gasteiger partial charge in [0, 0.05) is 25.2 Å². The number of rotatable bonds is 8. The Morgan fingerprint density at radius 2 is 2.00 bits per heavy atom. The van der Waals surface area contributed by atoms with Gasteiger partial charge < -0.3 is 20.3 Å². The molecule has 0 spiro atoms. The molecule has 2 unspecified atom stereocenters. The van der Waals surface area contributed by atoms with Gasteiger partial charge >= 0.3 is 0 Å². The molecule has 0 radical (unpaired) electrons. The predicted octanol–water partition coefficient (Wildman–Crippen LogP) is 2.08. The van der Waals surface area contributed by atoms with Crippen LogP contribution >= 0.6 is 0 Å². The van der Waals surface area contributed by atoms with Crippen LogP contribution in [0.4, 0.5) is 0 Å². The van der Waals surface area contributed by atoms with E-state index in [0.29, 0.717) is 6.04 Å². The van der Waals surface area contributed by atoms with Gasteiger partial charge in [-0.3, -0.25) is 0 Å². The number of likely N-dealkylation sites (tertiary alicyclic amines) is 2. The Balaban J connectivity index is 1.61. The Labute approximate surface area is 131 Å². The van der Waals surface area contributed by atoms with E-state index in [9.17, 15) is 0 Å². The van der Waals surface area contributed by atoms with E-state index in [1.807, 2.05) is 0 Å². The Kier molecular flexibility index (Phi) is 7.44. The molecule has 2 N–H and O–H groups in total. The molecule has 0 aromatic rings. The SMILES string of the molecule is CCCCCCN1CCC(OC[C@H]2CCCN2C)C(N)C1. The summed E-state index contributed by atoms with van der Waals surface area (Å²) >= 11 is 0. The lowest BCUT2D eigenvalue weighted by Gasteiger charge is -2.37. The topological polar surface area (TPSA) is 41.7 Å². The molecule has 2 fully saturated rings. The van der Waals surface area contributed by atoms with Gasteiger partial charge in [0.25, 0.3) is 0 Å². The Morgan fingerprint density at radius 3 is 2.67 bits per heavy atom. The van der Waals surface area contributed by atoms with Crippen LogP contribution in [0, 0.1) is 0 Å². The van der Waals surface area contributed by atoms with E-state index in [1.165, 1.54) is 51.6 Å². The van der Waals surface area contributed by atoms with Crippen molar-refractivity contribution in [1.29, 1.82) is 0 Å². The molecule has 0 aromatic carbocycles. The molecule has 2 heterocycles. The summed E-state index contributed by atoms with van der Waals surface area (Å²) in [7, 11) is 2.21. The number of ether oxygens (including phenoxy) is 1. The van der Waals surface area contributed by atoms with Crippen molar-refractivity contribution in [3.05, 3.63) is 0 Å². The van der Waals surface area contributed by atoms with Crippen LogP contribution in [-0.4, -0.2) is 67.8 Å². The van der Waals surface area contributed by atoms with E-state index in [-0.39, 0.29) is 12.1 Å². The summed E-state index contributed by atoms with van der Waals surface area (Å²) in [5.74, 6) is 0. The first-order chi connectivity index (χ1) is 10.2. The second kappa shape index (κ2) is 9.09. The minimum absolute atomic E-state index is 0.191. The number of unbranched alkanes of at least 4 members (excludes halogenated alkanes) is 3. The Hall–Kier alpha value is -0.160. The van der Waals surface area contributed by atoms with Crippen LogP contribution in [0.2, 0.25) is 0 Å². The third-order valence-electron chi connectivity index (χ3n) is 5.18. The van der Waals surface area contributed by atoms with Crippen LogP contribution in [0.25, 0.3) is 0 Å². The summed E-state index contributed by atoms with van der Waals surface area (Å²) in [4.78, 5) is 4.95. The van der Waals surface area contributed by atoms with Crippen molar-refractivity contribution in [2.75, 3.05) is 39.8 Å². The molecule has 4 nitrogen and oxygen atoms in total. The van der Waals surface area contributed by atoms with Crippen molar-refractivity contribution in [2.45, 2.75) is 70.1 Å². The molecule has 0 aliphatic carbocycles. The number of hydrogen-bond donors (Lipinski definition) is 1. The zero-order chi connectivity index (χ0) is 15.1. The fourth-order valence-electron chi connectivity index (χ4n) is 3.63. The first kappa shape index (κ1) is 17.2. The molecule has 3 atom stereocenters. The Bertz CT molecular complexity index is 287. The molecule has 2 saturated heterocycles. The molecule has 0 bridgehead atoms. The van der Waals surface area contributed by atoms with Gasteiger partial charge in [-0.15, -0.1) is 0 Å². The van der Waals surface area contributed by atoms with E-state index >= 15 is 0 Å². The first-order valence-electron chi connectivity index (χ1n) is 9.00. The van der Waals surface area contributed by atoms with Gasteiger partial charge in [-0.25, -0.2) is 0 Å². The zero-order valence-electron chi connectivity index (χ0n) is 14.1. The number of nitrogens with zero attached hydrogens (tertiary/aromatic N) is 2. The molecular formula is C17H35N3O. The standard InChI is InChI=1S/C17H35N3O/c1-3-4-5-6-11-20-12-9-17(16(18)13-20)21-14-15-8-7-10-19(15)2/h15-17H,3-14,18H2,1-2H3/t15-,16?,17?/m1/s1. The lowest BCUT2D eigenvalue weighted by atomic mass is 10.0. The highest BCUT2D eigenvalue weighted by molar-refractivity contribution is 4.85. The summed E-state index contributed by atoms with van der Waals surface area (Å²) in [6, 6.07) is 0.806. The third-order valence-corrected chi connectivity index (χ3v) is 5.18. The molecule has 2 rings (SSSR count). The van der Waals surface area contributed by atoms with Crippen LogP contribution < -0.4 is 5.73 Å². The normalized spacial score (nSPS) is 31.9. The quantitative estimate of drug-likeness (QED) is 0.697. The molecule has 0 saturated carbocycles. The van der Waals surface area contributed by atoms with Gasteiger partial charge in [0.05, 0.1) is 12.7 Å². The lowest BCUT2D eigenvalue weighted by Crippen LogP contribution is -2.53. The highest BCUT2D eigenvalue weighted by atomic mass is 16.5. The molecule has 4 heteroatoms. The maximum atomic E-state index is 6.34. The Morgan fingerprint density at radius 1 is 1.14 bits per heavy atom. The summed E-state index contributed by atoms with van der Waals surface area (Å²) < 4.78 is 6.15. The van der Waals surface area contributed by atoms with E-state index in [0.717, 1.165) is 26.1 Å². The van der Waals surface area contributed by atoms with Gasteiger partial charge in [0.2, 0.25) is 0 Å². The summed E-state index contributed by atoms with van der Waals surface area (Å²) in [5.41, 5.74) is 6.34. The first-order valence-corrected chi connectivity index (χ1v) is 9.00. The number of hydrogen-bond acceptors (Lipinski definition) is 4. The smallest absolute Gasteiger partial charge is 0.0751 e. The van der Waals surface area contributed by atoms with Crippen molar-refractivity contribution in [2.24, 2.45) is 5.73 Å². The fraction of sp³-hybridized carbons (Fsp3) is 1.00. The second-order valence-corrected chi connectivity index (χ2v) is 6.96. The van der Waals surface area contributed by atoms with Gasteiger partial charge in [-0.05, 0) is 45.8 Å². The number of nitrogens with two attached hydrogens (primary N) is 1. The van der Waals surface area contributed by atoms with Gasteiger partial charge in [-0.1, -0.05) is 26.2 Å². The van der Waals surface area contributed by atoms with Crippen LogP contribution in [0.15, 0.2) is 0 Å². The van der Waals surface area contributed by atoms with Gasteiger partial charge in [-0.2, -0.15) is 0 Å². The van der Waals surface area contributed by atoms with Crippen molar-refractivity contribution in [1.82, 2.24) is 9.80 Å². The van der Waals surface area contributed by atoms with E-state index in [1.54, 1.807) is 0 Å². The van der Waals surface area contributed by atoms with E-state index in [4.69, 9.17) is 10.5 Å². The molecule has 21 heavy (non-hydrogen) atoms. The monoisotopic (exact) mass is 297 g/mol. The summed E-state index contributed by atoms with van der Waals surface area (Å²) in [6.07, 6.45) is 9.31. The minimum atomic E-state index is 0.191. The largest absolute Gasteiger partial charge is 0.375 e. The maximum Gasteiger partial charge on any atom is 0.0751 e. The average molecular weight is 297 g/mol. The lowest BCUT2D eigenvalue weighted by molar-refractivity contribution is -0.0243. The third kappa shape index (κ3) is 5.51. The molecule has 0 aromatic heterocycles. The van der Waals surface area contributed by atoms with Crippen LogP contribution in [0.3, 0.4) is 0 Å². The molecule has 124 valence electrons. The highest BCUT2D eigenvalue weighted by Gasteiger charge is 2.29. The van der Waals surface area contributed by atoms with Gasteiger partial charge in [0.1, 0.15) is 0 Å². The van der Waals surface area contributed by atoms with Crippen LogP contribution in [0.5, 0.6) is 0 Å². The molecule has 0 amide bonds. The number of piperidine rings is 1. The number of likely N-dealkylation sites (N-methyl/N-ethyl adjacent to an activating group) is 1. The average Bonchev–Trinajstić information content (AvgIpc) is 2.88. The molecule has 2 aliphatic rings. The summed E-state index contributed by atoms with van der Waals surface area (Å²) in [5, 5.41) is 0.